The van der Waals surface area contributed by atoms with E-state index in [4.69, 9.17) is 9.47 Å². The van der Waals surface area contributed by atoms with Crippen molar-refractivity contribution in [2.24, 2.45) is 0 Å². The third-order valence-electron chi connectivity index (χ3n) is 3.54. The Morgan fingerprint density at radius 3 is 2.77 bits per heavy atom. The summed E-state index contributed by atoms with van der Waals surface area (Å²) in [5, 5.41) is 2.81. The summed E-state index contributed by atoms with van der Waals surface area (Å²) in [4.78, 5) is 25.1. The van der Waals surface area contributed by atoms with Crippen molar-refractivity contribution in [2.75, 3.05) is 25.1 Å². The molecule has 1 aliphatic heterocycles. The zero-order chi connectivity index (χ0) is 15.9. The van der Waals surface area contributed by atoms with Gasteiger partial charge in [-0.3, -0.25) is 9.69 Å². The molecule has 0 aromatic heterocycles. The lowest BCUT2D eigenvalue weighted by atomic mass is 10.2. The molecule has 0 radical (unpaired) electrons. The van der Waals surface area contributed by atoms with Gasteiger partial charge in [0.1, 0.15) is 11.9 Å². The van der Waals surface area contributed by atoms with Gasteiger partial charge in [-0.15, -0.1) is 0 Å². The number of carbonyl (C=O) groups excluding carboxylic acids is 2. The molecule has 0 bridgehead atoms. The highest BCUT2D eigenvalue weighted by Gasteiger charge is 2.32. The van der Waals surface area contributed by atoms with Crippen molar-refractivity contribution in [3.8, 4) is 5.75 Å². The maximum atomic E-state index is 11.9. The lowest BCUT2D eigenvalue weighted by Crippen LogP contribution is -2.34. The zero-order valence-corrected chi connectivity index (χ0v) is 13.0. The molecule has 2 amide bonds. The minimum absolute atomic E-state index is 0.000737. The fourth-order valence-corrected chi connectivity index (χ4v) is 2.25. The first-order chi connectivity index (χ1) is 10.6. The number of rotatable bonds is 7. The number of methoxy groups -OCH3 is 1. The molecule has 22 heavy (non-hydrogen) atoms. The number of anilines is 1. The number of cyclic esters (lactones) is 1. The summed E-state index contributed by atoms with van der Waals surface area (Å²) in [5.41, 5.74) is 0.755. The molecular formula is C16H22N2O4. The van der Waals surface area contributed by atoms with Crippen molar-refractivity contribution in [3.05, 3.63) is 24.3 Å². The number of carbonyl (C=O) groups is 2. The Bertz CT molecular complexity index is 515. The highest BCUT2D eigenvalue weighted by Crippen LogP contribution is 2.23. The summed E-state index contributed by atoms with van der Waals surface area (Å²) in [6.07, 6.45) is 1.66. The first-order valence-corrected chi connectivity index (χ1v) is 7.53. The molecule has 6 nitrogen and oxygen atoms in total. The molecular weight excluding hydrogens is 284 g/mol. The van der Waals surface area contributed by atoms with Gasteiger partial charge in [-0.1, -0.05) is 13.3 Å². The van der Waals surface area contributed by atoms with Crippen molar-refractivity contribution >= 4 is 17.7 Å². The molecule has 2 rings (SSSR count). The van der Waals surface area contributed by atoms with Gasteiger partial charge in [-0.25, -0.2) is 4.79 Å². The first kappa shape index (κ1) is 16.1. The lowest BCUT2D eigenvalue weighted by Gasteiger charge is -2.13. The van der Waals surface area contributed by atoms with Crippen LogP contribution in [-0.4, -0.2) is 38.3 Å². The van der Waals surface area contributed by atoms with Gasteiger partial charge in [-0.2, -0.15) is 0 Å². The summed E-state index contributed by atoms with van der Waals surface area (Å²) < 4.78 is 10.4. The highest BCUT2D eigenvalue weighted by molar-refractivity contribution is 5.89. The van der Waals surface area contributed by atoms with Gasteiger partial charge in [0.2, 0.25) is 5.91 Å². The van der Waals surface area contributed by atoms with Crippen molar-refractivity contribution in [1.82, 2.24) is 5.32 Å². The van der Waals surface area contributed by atoms with Crippen LogP contribution in [0, 0.1) is 0 Å². The molecule has 1 aliphatic rings. The second-order valence-corrected chi connectivity index (χ2v) is 5.22. The summed E-state index contributed by atoms with van der Waals surface area (Å²) >= 11 is 0. The molecule has 120 valence electrons. The maximum Gasteiger partial charge on any atom is 0.414 e. The first-order valence-electron chi connectivity index (χ1n) is 7.53. The second kappa shape index (κ2) is 7.68. The van der Waals surface area contributed by atoms with Crippen LogP contribution < -0.4 is 15.0 Å². The second-order valence-electron chi connectivity index (χ2n) is 5.22. The monoisotopic (exact) mass is 306 g/mol. The average Bonchev–Trinajstić information content (AvgIpc) is 2.92. The van der Waals surface area contributed by atoms with Gasteiger partial charge in [0.05, 0.1) is 20.2 Å². The molecule has 1 aromatic rings. The number of unbranched alkanes of at least 4 members (excludes halogenated alkanes) is 1. The number of hydrogen-bond acceptors (Lipinski definition) is 4. The van der Waals surface area contributed by atoms with Crippen molar-refractivity contribution < 1.29 is 19.1 Å². The van der Waals surface area contributed by atoms with Crippen LogP contribution in [0.4, 0.5) is 10.5 Å². The molecule has 1 N–H and O–H groups in total. The maximum absolute atomic E-state index is 11.9. The molecule has 1 unspecified atom stereocenters. The van der Waals surface area contributed by atoms with Crippen LogP contribution in [0.3, 0.4) is 0 Å². The Morgan fingerprint density at radius 2 is 2.14 bits per heavy atom. The molecule has 0 aliphatic carbocycles. The molecule has 1 aromatic carbocycles. The fraction of sp³-hybridized carbons (Fsp3) is 0.500. The van der Waals surface area contributed by atoms with Crippen LogP contribution >= 0.6 is 0 Å². The third-order valence-corrected chi connectivity index (χ3v) is 3.54. The molecule has 1 heterocycles. The molecule has 1 saturated heterocycles. The SMILES string of the molecule is CCCCC(=O)NCC1CN(c2ccc(OC)cc2)C(=O)O1. The summed E-state index contributed by atoms with van der Waals surface area (Å²) in [7, 11) is 1.59. The average molecular weight is 306 g/mol. The van der Waals surface area contributed by atoms with E-state index in [0.29, 0.717) is 19.5 Å². The van der Waals surface area contributed by atoms with Gasteiger partial charge in [0, 0.05) is 12.1 Å². The Labute approximate surface area is 130 Å². The molecule has 1 fully saturated rings. The zero-order valence-electron chi connectivity index (χ0n) is 13.0. The predicted molar refractivity (Wildman–Crippen MR) is 83.1 cm³/mol. The van der Waals surface area contributed by atoms with Crippen LogP contribution in [0.1, 0.15) is 26.2 Å². The molecule has 6 heteroatoms. The van der Waals surface area contributed by atoms with Crippen molar-refractivity contribution in [3.63, 3.8) is 0 Å². The predicted octanol–water partition coefficient (Wildman–Crippen LogP) is 2.33. The van der Waals surface area contributed by atoms with Crippen LogP contribution in [0.15, 0.2) is 24.3 Å². The van der Waals surface area contributed by atoms with Gasteiger partial charge in [-0.05, 0) is 30.7 Å². The number of amides is 2. The normalized spacial score (nSPS) is 17.3. The largest absolute Gasteiger partial charge is 0.497 e. The number of benzene rings is 1. The van der Waals surface area contributed by atoms with E-state index >= 15 is 0 Å². The van der Waals surface area contributed by atoms with E-state index in [1.807, 2.05) is 19.1 Å². The van der Waals surface area contributed by atoms with Gasteiger partial charge >= 0.3 is 6.09 Å². The molecule has 1 atom stereocenters. The van der Waals surface area contributed by atoms with E-state index in [9.17, 15) is 9.59 Å². The van der Waals surface area contributed by atoms with Crippen LogP contribution in [0.25, 0.3) is 0 Å². The van der Waals surface area contributed by atoms with Crippen molar-refractivity contribution in [1.29, 1.82) is 0 Å². The van der Waals surface area contributed by atoms with Gasteiger partial charge in [0.25, 0.3) is 0 Å². The Balaban J connectivity index is 1.86. The summed E-state index contributed by atoms with van der Waals surface area (Å²) in [6.45, 7) is 2.82. The quantitative estimate of drug-likeness (QED) is 0.839. The molecule has 0 spiro atoms. The number of nitrogens with zero attached hydrogens (tertiary/aromatic N) is 1. The van der Waals surface area contributed by atoms with Crippen LogP contribution in [0.2, 0.25) is 0 Å². The smallest absolute Gasteiger partial charge is 0.414 e. The van der Waals surface area contributed by atoms with Gasteiger partial charge in [0.15, 0.2) is 0 Å². The minimum atomic E-state index is -0.391. The summed E-state index contributed by atoms with van der Waals surface area (Å²) in [6, 6.07) is 7.20. The van der Waals surface area contributed by atoms with E-state index in [0.717, 1.165) is 24.3 Å². The number of nitrogens with one attached hydrogen (secondary N) is 1. The lowest BCUT2D eigenvalue weighted by molar-refractivity contribution is -0.121. The van der Waals surface area contributed by atoms with Crippen LogP contribution in [0.5, 0.6) is 5.75 Å². The molecule has 0 saturated carbocycles. The Morgan fingerprint density at radius 1 is 1.41 bits per heavy atom. The fourth-order valence-electron chi connectivity index (χ4n) is 2.25. The topological polar surface area (TPSA) is 67.9 Å². The third kappa shape index (κ3) is 4.13. The highest BCUT2D eigenvalue weighted by atomic mass is 16.6. The standard InChI is InChI=1S/C16H22N2O4/c1-3-4-5-15(19)17-10-14-11-18(16(20)22-14)12-6-8-13(21-2)9-7-12/h6-9,14H,3-5,10-11H2,1-2H3,(H,17,19). The number of ether oxygens (including phenoxy) is 2. The number of hydrogen-bond donors (Lipinski definition) is 1. The van der Waals surface area contributed by atoms with Crippen molar-refractivity contribution in [2.45, 2.75) is 32.3 Å². The van der Waals surface area contributed by atoms with Crippen LogP contribution in [-0.2, 0) is 9.53 Å². The van der Waals surface area contributed by atoms with E-state index in [2.05, 4.69) is 5.32 Å². The van der Waals surface area contributed by atoms with E-state index < -0.39 is 6.09 Å². The minimum Gasteiger partial charge on any atom is -0.497 e. The van der Waals surface area contributed by atoms with Gasteiger partial charge < -0.3 is 14.8 Å². The van der Waals surface area contributed by atoms with E-state index in [1.165, 1.54) is 0 Å². The Hall–Kier alpha value is -2.24. The van der Waals surface area contributed by atoms with E-state index in [1.54, 1.807) is 24.1 Å². The summed E-state index contributed by atoms with van der Waals surface area (Å²) in [5.74, 6) is 0.733. The van der Waals surface area contributed by atoms with E-state index in [-0.39, 0.29) is 12.0 Å². The Kier molecular flexibility index (Phi) is 5.63.